The first kappa shape index (κ1) is 30.9. The van der Waals surface area contributed by atoms with Gasteiger partial charge in [-0.25, -0.2) is 18.0 Å². The minimum atomic E-state index is -1.65. The highest BCUT2D eigenvalue weighted by Gasteiger charge is 2.56. The van der Waals surface area contributed by atoms with E-state index in [2.05, 4.69) is 19.2 Å². The lowest BCUT2D eigenvalue weighted by atomic mass is 10.0. The van der Waals surface area contributed by atoms with E-state index in [0.29, 0.717) is 50.1 Å². The Bertz CT molecular complexity index is 1360. The number of halogens is 3. The van der Waals surface area contributed by atoms with Crippen LogP contribution in [0.3, 0.4) is 0 Å². The molecule has 3 aromatic carbocycles. The van der Waals surface area contributed by atoms with E-state index in [4.69, 9.17) is 14.2 Å². The summed E-state index contributed by atoms with van der Waals surface area (Å²) in [7, 11) is 0. The molecular weight excluding hydrogens is 557 g/mol. The second-order valence-corrected chi connectivity index (χ2v) is 11.5. The third kappa shape index (κ3) is 7.70. The van der Waals surface area contributed by atoms with Gasteiger partial charge in [0.1, 0.15) is 29.7 Å². The highest BCUT2D eigenvalue weighted by atomic mass is 19.1. The van der Waals surface area contributed by atoms with E-state index in [0.717, 1.165) is 23.8 Å². The van der Waals surface area contributed by atoms with Crippen LogP contribution in [0.15, 0.2) is 66.7 Å². The third-order valence-electron chi connectivity index (χ3n) is 8.23. The Morgan fingerprint density at radius 3 is 2.30 bits per heavy atom. The average molecular weight is 597 g/mol. The zero-order chi connectivity index (χ0) is 30.5. The largest absolute Gasteiger partial charge is 0.492 e. The van der Waals surface area contributed by atoms with Crippen molar-refractivity contribution in [3.8, 4) is 11.5 Å². The van der Waals surface area contributed by atoms with E-state index in [1.54, 1.807) is 11.8 Å². The molecule has 5 atom stereocenters. The summed E-state index contributed by atoms with van der Waals surface area (Å²) in [4.78, 5) is 14.2. The fourth-order valence-corrected chi connectivity index (χ4v) is 5.77. The molecule has 2 fully saturated rings. The standard InChI is InChI=1S/C34H39F3N2O4/c1-4-41-34(40)31(43-26-12-7-23(8-13-26)21(2)3)17-22-5-10-25(11-6-22)42-16-15-38-32-28-19-39(20-29(28)32)33(37)27-18-24(35)9-14-30(27)36/h5-14,18,21,28-29,31-33,38H,4,15-17,19-20H2,1-3H3/t28-,29+,31-,32?,33?/m0/s1. The van der Waals surface area contributed by atoms with Crippen molar-refractivity contribution in [3.63, 3.8) is 0 Å². The summed E-state index contributed by atoms with van der Waals surface area (Å²) in [6.07, 6.45) is -2.05. The molecular formula is C34H39F3N2O4. The fourth-order valence-electron chi connectivity index (χ4n) is 5.77. The Kier molecular flexibility index (Phi) is 9.93. The van der Waals surface area contributed by atoms with Crippen LogP contribution >= 0.6 is 0 Å². The van der Waals surface area contributed by atoms with Crippen molar-refractivity contribution in [2.45, 2.75) is 51.6 Å². The normalized spacial score (nSPS) is 20.9. The van der Waals surface area contributed by atoms with Crippen LogP contribution in [-0.2, 0) is 16.0 Å². The highest BCUT2D eigenvalue weighted by Crippen LogP contribution is 2.48. The van der Waals surface area contributed by atoms with Crippen LogP contribution in [0.2, 0.25) is 0 Å². The van der Waals surface area contributed by atoms with Gasteiger partial charge in [-0.3, -0.25) is 4.90 Å². The lowest BCUT2D eigenvalue weighted by Gasteiger charge is -2.24. The summed E-state index contributed by atoms with van der Waals surface area (Å²) < 4.78 is 59.5. The molecule has 2 aliphatic rings. The number of nitrogens with zero attached hydrogens (tertiary/aromatic N) is 1. The zero-order valence-corrected chi connectivity index (χ0v) is 24.8. The van der Waals surface area contributed by atoms with E-state index in [-0.39, 0.29) is 30.0 Å². The van der Waals surface area contributed by atoms with Crippen molar-refractivity contribution < 1.29 is 32.2 Å². The summed E-state index contributed by atoms with van der Waals surface area (Å²) in [5.41, 5.74) is 1.87. The molecule has 2 unspecified atom stereocenters. The smallest absolute Gasteiger partial charge is 0.347 e. The number of esters is 1. The summed E-state index contributed by atoms with van der Waals surface area (Å²) in [5, 5.41) is 3.47. The van der Waals surface area contributed by atoms with Crippen LogP contribution in [0, 0.1) is 23.5 Å². The van der Waals surface area contributed by atoms with Gasteiger partial charge < -0.3 is 19.5 Å². The number of carbonyl (C=O) groups is 1. The molecule has 0 radical (unpaired) electrons. The highest BCUT2D eigenvalue weighted by molar-refractivity contribution is 5.75. The predicted molar refractivity (Wildman–Crippen MR) is 158 cm³/mol. The Balaban J connectivity index is 1.04. The molecule has 3 aromatic rings. The molecule has 1 saturated carbocycles. The zero-order valence-electron chi connectivity index (χ0n) is 24.8. The number of nitrogens with one attached hydrogen (secondary N) is 1. The number of hydrogen-bond donors (Lipinski definition) is 1. The summed E-state index contributed by atoms with van der Waals surface area (Å²) in [5.74, 6) is 0.537. The second-order valence-electron chi connectivity index (χ2n) is 11.5. The Labute approximate surface area is 251 Å². The number of rotatable bonds is 14. The van der Waals surface area contributed by atoms with Gasteiger partial charge in [-0.15, -0.1) is 0 Å². The molecule has 1 saturated heterocycles. The number of likely N-dealkylation sites (tertiary alicyclic amines) is 1. The van der Waals surface area contributed by atoms with Gasteiger partial charge in [-0.2, -0.15) is 0 Å². The van der Waals surface area contributed by atoms with Crippen LogP contribution in [0.1, 0.15) is 49.7 Å². The Morgan fingerprint density at radius 2 is 1.65 bits per heavy atom. The maximum absolute atomic E-state index is 14.9. The first-order valence-electron chi connectivity index (χ1n) is 14.9. The lowest BCUT2D eigenvalue weighted by Crippen LogP contribution is -2.34. The molecule has 0 amide bonds. The monoisotopic (exact) mass is 596 g/mol. The molecule has 230 valence electrons. The molecule has 5 rings (SSSR count). The van der Waals surface area contributed by atoms with E-state index in [1.807, 2.05) is 48.5 Å². The van der Waals surface area contributed by atoms with Crippen LogP contribution in [0.4, 0.5) is 13.2 Å². The SMILES string of the molecule is CCOC(=O)[C@H](Cc1ccc(OCCNC2[C@H]3CN(C(F)c4cc(F)ccc4F)C[C@@H]23)cc1)Oc1ccc(C(C)C)cc1. The van der Waals surface area contributed by atoms with Crippen molar-refractivity contribution in [1.29, 1.82) is 0 Å². The number of ether oxygens (including phenoxy) is 3. The summed E-state index contributed by atoms with van der Waals surface area (Å²) in [6.45, 7) is 8.39. The lowest BCUT2D eigenvalue weighted by molar-refractivity contribution is -0.151. The van der Waals surface area contributed by atoms with Crippen LogP contribution in [0.5, 0.6) is 11.5 Å². The predicted octanol–water partition coefficient (Wildman–Crippen LogP) is 6.21. The van der Waals surface area contributed by atoms with Crippen LogP contribution in [0.25, 0.3) is 0 Å². The fraction of sp³-hybridized carbons (Fsp3) is 0.441. The molecule has 9 heteroatoms. The maximum Gasteiger partial charge on any atom is 0.347 e. The Hall–Kier alpha value is -3.56. The van der Waals surface area contributed by atoms with Crippen molar-refractivity contribution in [1.82, 2.24) is 10.2 Å². The number of hydrogen-bond acceptors (Lipinski definition) is 6. The third-order valence-corrected chi connectivity index (χ3v) is 8.23. The number of fused-ring (bicyclic) bond motifs is 1. The number of piperidine rings is 1. The van der Waals surface area contributed by atoms with Gasteiger partial charge in [0.25, 0.3) is 0 Å². The summed E-state index contributed by atoms with van der Waals surface area (Å²) >= 11 is 0. The molecule has 43 heavy (non-hydrogen) atoms. The van der Waals surface area contributed by atoms with Gasteiger partial charge in [0, 0.05) is 37.7 Å². The number of carbonyl (C=O) groups excluding carboxylic acids is 1. The summed E-state index contributed by atoms with van der Waals surface area (Å²) in [6, 6.07) is 18.5. The van der Waals surface area contributed by atoms with Gasteiger partial charge in [-0.05, 0) is 78.3 Å². The molecule has 1 heterocycles. The van der Waals surface area contributed by atoms with Crippen molar-refractivity contribution in [3.05, 3.63) is 95.1 Å². The first-order valence-corrected chi connectivity index (χ1v) is 14.9. The molecule has 6 nitrogen and oxygen atoms in total. The molecule has 1 aliphatic carbocycles. The minimum absolute atomic E-state index is 0.245. The van der Waals surface area contributed by atoms with Crippen LogP contribution < -0.4 is 14.8 Å². The van der Waals surface area contributed by atoms with Crippen molar-refractivity contribution >= 4 is 5.97 Å². The maximum atomic E-state index is 14.9. The molecule has 1 aliphatic heterocycles. The van der Waals surface area contributed by atoms with E-state index in [9.17, 15) is 18.0 Å². The number of alkyl halides is 1. The van der Waals surface area contributed by atoms with Gasteiger partial charge in [0.05, 0.1) is 6.61 Å². The van der Waals surface area contributed by atoms with E-state index >= 15 is 0 Å². The van der Waals surface area contributed by atoms with Gasteiger partial charge in [0.2, 0.25) is 0 Å². The van der Waals surface area contributed by atoms with Crippen molar-refractivity contribution in [2.24, 2.45) is 11.8 Å². The minimum Gasteiger partial charge on any atom is -0.492 e. The second kappa shape index (κ2) is 13.8. The molecule has 0 spiro atoms. The topological polar surface area (TPSA) is 60.0 Å². The van der Waals surface area contributed by atoms with Crippen LogP contribution in [-0.4, -0.2) is 55.9 Å². The molecule has 0 aromatic heterocycles. The number of benzene rings is 3. The van der Waals surface area contributed by atoms with Gasteiger partial charge >= 0.3 is 5.97 Å². The van der Waals surface area contributed by atoms with Gasteiger partial charge in [0.15, 0.2) is 12.4 Å². The first-order chi connectivity index (χ1) is 20.7. The van der Waals surface area contributed by atoms with Crippen molar-refractivity contribution in [2.75, 3.05) is 32.8 Å². The van der Waals surface area contributed by atoms with Gasteiger partial charge in [-0.1, -0.05) is 38.1 Å². The molecule has 0 bridgehead atoms. The molecule has 1 N–H and O–H groups in total. The average Bonchev–Trinajstić information content (AvgIpc) is 3.44. The van der Waals surface area contributed by atoms with E-state index in [1.165, 1.54) is 5.56 Å². The Morgan fingerprint density at radius 1 is 0.977 bits per heavy atom. The van der Waals surface area contributed by atoms with E-state index < -0.39 is 30.0 Å². The quantitative estimate of drug-likeness (QED) is 0.136.